The minimum Gasteiger partial charge on any atom is -0.409 e. The van der Waals surface area contributed by atoms with E-state index in [1.165, 1.54) is 2.43 Å². The molecule has 3 rings (SSSR count). The number of aromatic nitrogens is 2. The normalized spacial score (nSPS) is 10.6. The van der Waals surface area contributed by atoms with Gasteiger partial charge in [0.15, 0.2) is 5.84 Å². The smallest absolute Gasteiger partial charge is 0.409 e. The lowest BCUT2D eigenvalue weighted by Crippen LogP contribution is -2.12. The fourth-order valence-electron chi connectivity index (χ4n) is 1.94. The van der Waals surface area contributed by atoms with Crippen molar-refractivity contribution in [2.75, 3.05) is 7.36 Å². The van der Waals surface area contributed by atoms with Crippen LogP contribution in [0, 0.1) is 13.8 Å². The van der Waals surface area contributed by atoms with E-state index in [0.717, 1.165) is 16.7 Å². The number of hydrogen-bond acceptors (Lipinski definition) is 5. The largest absolute Gasteiger partial charge is 0.471 e. The molecule has 0 atom stereocenters. The van der Waals surface area contributed by atoms with Gasteiger partial charge in [0.25, 0.3) is 0 Å². The Hall–Kier alpha value is -1.17. The summed E-state index contributed by atoms with van der Waals surface area (Å²) in [5.41, 5.74) is 8.72. The van der Waals surface area contributed by atoms with Crippen LogP contribution < -0.4 is 5.73 Å². The molecule has 2 aromatic carbocycles. The van der Waals surface area contributed by atoms with Crippen LogP contribution in [0.1, 0.15) is 22.6 Å². The van der Waals surface area contributed by atoms with E-state index < -0.39 is 12.1 Å². The van der Waals surface area contributed by atoms with Crippen LogP contribution in [0.5, 0.6) is 0 Å². The van der Waals surface area contributed by atoms with Crippen LogP contribution in [0.25, 0.3) is 11.4 Å². The Morgan fingerprint density at radius 1 is 1.00 bits per heavy atom. The van der Waals surface area contributed by atoms with E-state index in [0.29, 0.717) is 5.56 Å². The summed E-state index contributed by atoms with van der Waals surface area (Å²) < 4.78 is 41.9. The summed E-state index contributed by atoms with van der Waals surface area (Å²) in [5, 5.41) is 14.5. The predicted octanol–water partition coefficient (Wildman–Crippen LogP) is 7.02. The molecule has 32 heavy (non-hydrogen) atoms. The van der Waals surface area contributed by atoms with Crippen LogP contribution in [0.2, 0.25) is 0 Å². The number of hydrogen-bond donors (Lipinski definition) is 2. The molecule has 0 fully saturated rings. The van der Waals surface area contributed by atoms with Crippen LogP contribution in [-0.4, -0.2) is 28.5 Å². The monoisotopic (exact) mass is 788 g/mol. The van der Waals surface area contributed by atoms with Gasteiger partial charge in [-0.1, -0.05) is 138 Å². The molecule has 0 bridgehead atoms. The Balaban J connectivity index is 0.000000523. The van der Waals surface area contributed by atoms with Gasteiger partial charge >= 0.3 is 12.1 Å². The van der Waals surface area contributed by atoms with Crippen LogP contribution in [0.3, 0.4) is 0 Å². The molecule has 0 aliphatic rings. The van der Waals surface area contributed by atoms with Crippen LogP contribution >= 0.6 is 67.8 Å². The molecule has 0 aliphatic carbocycles. The van der Waals surface area contributed by atoms with E-state index >= 15 is 0 Å². The molecule has 0 amide bonds. The van der Waals surface area contributed by atoms with Crippen molar-refractivity contribution in [3.8, 4) is 11.4 Å². The summed E-state index contributed by atoms with van der Waals surface area (Å²) >= 11 is 6.70. The first-order chi connectivity index (χ1) is 15.1. The van der Waals surface area contributed by atoms with Crippen molar-refractivity contribution in [2.24, 2.45) is 10.9 Å². The van der Waals surface area contributed by atoms with Gasteiger partial charge in [-0.25, -0.2) is 0 Å². The van der Waals surface area contributed by atoms with Gasteiger partial charge in [-0.05, 0) is 18.8 Å². The van der Waals surface area contributed by atoms with E-state index in [1.807, 2.05) is 43.0 Å². The fourth-order valence-corrected chi connectivity index (χ4v) is 1.94. The van der Waals surface area contributed by atoms with Crippen molar-refractivity contribution >= 4 is 73.6 Å². The van der Waals surface area contributed by atoms with Crippen LogP contribution in [0.15, 0.2) is 58.2 Å². The van der Waals surface area contributed by atoms with Gasteiger partial charge in [0.05, 0.1) is 2.43 Å². The predicted molar refractivity (Wildman–Crippen MR) is 146 cm³/mol. The summed E-state index contributed by atoms with van der Waals surface area (Å²) in [6.07, 6.45) is -4.60. The summed E-state index contributed by atoms with van der Waals surface area (Å²) in [7, 11) is 0. The average Bonchev–Trinajstić information content (AvgIpc) is 3.28. The highest BCUT2D eigenvalue weighted by Crippen LogP contribution is 2.29. The van der Waals surface area contributed by atoms with Crippen LogP contribution in [-0.2, 0) is 6.18 Å². The first kappa shape index (κ1) is 30.8. The average molecular weight is 788 g/mol. The van der Waals surface area contributed by atoms with Gasteiger partial charge < -0.3 is 15.5 Å². The van der Waals surface area contributed by atoms with Gasteiger partial charge in [0, 0.05) is 11.1 Å². The molecule has 0 radical (unpaired) electrons. The molecule has 176 valence electrons. The Bertz CT molecular complexity index is 933. The van der Waals surface area contributed by atoms with Gasteiger partial charge in [-0.3, -0.25) is 0 Å². The Morgan fingerprint density at radius 2 is 1.44 bits per heavy atom. The molecular weight excluding hydrogens is 766 g/mol. The molecule has 0 saturated carbocycles. The van der Waals surface area contributed by atoms with Crippen molar-refractivity contribution in [3.63, 3.8) is 0 Å². The van der Waals surface area contributed by atoms with Crippen molar-refractivity contribution in [2.45, 2.75) is 20.0 Å². The highest BCUT2D eigenvalue weighted by Gasteiger charge is 2.38. The lowest BCUT2D eigenvalue weighted by atomic mass is 10.1. The standard InChI is InChI=1S/C10H7F3N2O.C8H10N2O.CH2I2.CH3I/c1-6-2-4-7(5-3-6)8-14-9(16-15-8)10(11,12)13;1-6-2-4-7(5-3-6)8(9)10-11;2-1-3;1-2/h2-5H,1H3;2-5,11H,1H3,(H2,9,10);1H2;1H3. The summed E-state index contributed by atoms with van der Waals surface area (Å²) in [4.78, 5) is 5.25. The third-order valence-corrected chi connectivity index (χ3v) is 3.43. The quantitative estimate of drug-likeness (QED) is 0.0728. The maximum absolute atomic E-state index is 12.2. The van der Waals surface area contributed by atoms with E-state index in [4.69, 9.17) is 10.9 Å². The maximum atomic E-state index is 12.2. The summed E-state index contributed by atoms with van der Waals surface area (Å²) in [5.74, 6) is -1.25. The minimum atomic E-state index is -4.60. The summed E-state index contributed by atoms with van der Waals surface area (Å²) in [6.45, 7) is 3.86. The molecule has 3 aromatic rings. The lowest BCUT2D eigenvalue weighted by molar-refractivity contribution is -0.159. The number of nitrogens with zero attached hydrogens (tertiary/aromatic N) is 3. The van der Waals surface area contributed by atoms with Crippen molar-refractivity contribution in [1.82, 2.24) is 10.1 Å². The van der Waals surface area contributed by atoms with E-state index in [1.54, 1.807) is 24.3 Å². The first-order valence-electron chi connectivity index (χ1n) is 8.64. The minimum absolute atomic E-state index is 0.0627. The number of benzene rings is 2. The van der Waals surface area contributed by atoms with Crippen molar-refractivity contribution < 1.29 is 22.9 Å². The third kappa shape index (κ3) is 11.6. The van der Waals surface area contributed by atoms with Crippen LogP contribution in [0.4, 0.5) is 13.2 Å². The number of amidine groups is 1. The highest BCUT2D eigenvalue weighted by atomic mass is 127. The maximum Gasteiger partial charge on any atom is 0.471 e. The molecule has 0 saturated heterocycles. The fraction of sp³-hybridized carbons (Fsp3) is 0.250. The van der Waals surface area contributed by atoms with E-state index in [9.17, 15) is 13.2 Å². The molecule has 1 aromatic heterocycles. The second-order valence-electron chi connectivity index (χ2n) is 5.74. The van der Waals surface area contributed by atoms with Gasteiger partial charge in [0.2, 0.25) is 5.82 Å². The van der Waals surface area contributed by atoms with E-state index in [-0.39, 0.29) is 11.7 Å². The molecule has 1 heterocycles. The SMILES string of the molecule is CI.Cc1ccc(-c2noc(C(F)(F)F)n2)cc1.Cc1ccc(/C(N)=N/O)cc1.ICI. The van der Waals surface area contributed by atoms with E-state index in [2.05, 4.69) is 87.6 Å². The van der Waals surface area contributed by atoms with Crippen molar-refractivity contribution in [3.05, 3.63) is 71.1 Å². The van der Waals surface area contributed by atoms with Gasteiger partial charge in [-0.2, -0.15) is 18.2 Å². The second kappa shape index (κ2) is 16.4. The third-order valence-electron chi connectivity index (χ3n) is 3.43. The topological polar surface area (TPSA) is 97.5 Å². The molecule has 0 aliphatic heterocycles. The molecule has 6 nitrogen and oxygen atoms in total. The number of alkyl halides is 6. The molecule has 0 unspecified atom stereocenters. The zero-order valence-corrected chi connectivity index (χ0v) is 23.8. The molecule has 12 heteroatoms. The number of nitrogens with two attached hydrogens (primary N) is 1. The molecular formula is C20H22F3I3N4O2. The highest BCUT2D eigenvalue weighted by molar-refractivity contribution is 14.2. The lowest BCUT2D eigenvalue weighted by Gasteiger charge is -1.97. The second-order valence-corrected chi connectivity index (χ2v) is 10.2. The number of aryl methyl sites for hydroxylation is 2. The summed E-state index contributed by atoms with van der Waals surface area (Å²) in [6, 6.07) is 14.2. The molecule has 0 spiro atoms. The van der Waals surface area contributed by atoms with Gasteiger partial charge in [-0.15, -0.1) is 0 Å². The Morgan fingerprint density at radius 3 is 1.81 bits per heavy atom. The number of rotatable bonds is 2. The molecule has 3 N–H and O–H groups in total. The van der Waals surface area contributed by atoms with Gasteiger partial charge in [0.1, 0.15) is 0 Å². The Labute approximate surface area is 225 Å². The number of oxime groups is 1. The zero-order valence-electron chi connectivity index (χ0n) is 17.4. The first-order valence-corrected chi connectivity index (χ1v) is 13.9. The zero-order chi connectivity index (χ0) is 24.7. The van der Waals surface area contributed by atoms with Crippen molar-refractivity contribution in [1.29, 1.82) is 0 Å². The number of halogens is 6. The Kier molecular flexibility index (Phi) is 15.8.